The maximum Gasteiger partial charge on any atom is 0.412 e. The summed E-state index contributed by atoms with van der Waals surface area (Å²) < 4.78 is 5.44. The van der Waals surface area contributed by atoms with Gasteiger partial charge in [-0.25, -0.2) is 19.6 Å². The first kappa shape index (κ1) is 18.9. The third-order valence-electron chi connectivity index (χ3n) is 4.74. The van der Waals surface area contributed by atoms with Crippen LogP contribution in [0.5, 0.6) is 0 Å². The predicted octanol–water partition coefficient (Wildman–Crippen LogP) is 4.26. The van der Waals surface area contributed by atoms with E-state index in [1.54, 1.807) is 6.26 Å². The van der Waals surface area contributed by atoms with Crippen LogP contribution in [0.1, 0.15) is 27.4 Å². The molecule has 1 amide bonds. The van der Waals surface area contributed by atoms with E-state index in [1.165, 1.54) is 18.0 Å². The van der Waals surface area contributed by atoms with Crippen molar-refractivity contribution in [3.8, 4) is 11.1 Å². The Labute approximate surface area is 171 Å². The van der Waals surface area contributed by atoms with Crippen molar-refractivity contribution in [2.45, 2.75) is 11.1 Å². The van der Waals surface area contributed by atoms with Crippen LogP contribution in [0.15, 0.2) is 59.9 Å². The van der Waals surface area contributed by atoms with Crippen molar-refractivity contribution in [3.05, 3.63) is 71.4 Å². The van der Waals surface area contributed by atoms with Gasteiger partial charge in [-0.15, -0.1) is 0 Å². The number of aromatic nitrogens is 2. The second kappa shape index (κ2) is 7.92. The average Bonchev–Trinajstić information content (AvgIpc) is 3.06. The fourth-order valence-corrected chi connectivity index (χ4v) is 3.79. The van der Waals surface area contributed by atoms with E-state index >= 15 is 0 Å². The van der Waals surface area contributed by atoms with Crippen molar-refractivity contribution in [1.82, 2.24) is 9.97 Å². The number of carbonyl (C=O) groups is 2. The molecule has 0 fully saturated rings. The molecule has 0 radical (unpaired) electrons. The molecule has 4 rings (SSSR count). The first-order valence-corrected chi connectivity index (χ1v) is 10.1. The highest BCUT2D eigenvalue weighted by molar-refractivity contribution is 7.98. The summed E-state index contributed by atoms with van der Waals surface area (Å²) in [6.45, 7) is 0.128. The van der Waals surface area contributed by atoms with Crippen LogP contribution in [0.25, 0.3) is 11.1 Å². The predicted molar refractivity (Wildman–Crippen MR) is 109 cm³/mol. The molecule has 7 nitrogen and oxygen atoms in total. The third kappa shape index (κ3) is 3.66. The number of thioether (sulfide) groups is 1. The number of benzene rings is 2. The van der Waals surface area contributed by atoms with Crippen LogP contribution in [0.2, 0.25) is 0 Å². The lowest BCUT2D eigenvalue weighted by Gasteiger charge is -2.15. The molecule has 0 spiro atoms. The van der Waals surface area contributed by atoms with Crippen molar-refractivity contribution in [3.63, 3.8) is 0 Å². The van der Waals surface area contributed by atoms with Crippen LogP contribution in [-0.2, 0) is 4.74 Å². The second-order valence-electron chi connectivity index (χ2n) is 6.37. The molecule has 29 heavy (non-hydrogen) atoms. The van der Waals surface area contributed by atoms with Crippen molar-refractivity contribution in [2.24, 2.45) is 0 Å². The monoisotopic (exact) mass is 407 g/mol. The molecular formula is C21H17N3O4S. The Kier molecular flexibility index (Phi) is 5.18. The molecule has 0 unspecified atom stereocenters. The molecule has 0 aliphatic heterocycles. The summed E-state index contributed by atoms with van der Waals surface area (Å²) in [6, 6.07) is 16.0. The summed E-state index contributed by atoms with van der Waals surface area (Å²) in [4.78, 5) is 31.7. The molecular weight excluding hydrogens is 390 g/mol. The van der Waals surface area contributed by atoms with Crippen LogP contribution in [0.3, 0.4) is 0 Å². The van der Waals surface area contributed by atoms with Crippen molar-refractivity contribution < 1.29 is 19.4 Å². The Morgan fingerprint density at radius 3 is 2.31 bits per heavy atom. The van der Waals surface area contributed by atoms with Gasteiger partial charge in [0.2, 0.25) is 0 Å². The fourth-order valence-electron chi connectivity index (χ4n) is 3.45. The van der Waals surface area contributed by atoms with E-state index in [0.29, 0.717) is 5.16 Å². The number of nitrogens with zero attached hydrogens (tertiary/aromatic N) is 2. The summed E-state index contributed by atoms with van der Waals surface area (Å²) in [6.07, 6.45) is 2.16. The van der Waals surface area contributed by atoms with Gasteiger partial charge < -0.3 is 9.84 Å². The first-order chi connectivity index (χ1) is 14.1. The number of hydrogen-bond donors (Lipinski definition) is 2. The molecule has 2 aromatic carbocycles. The Hall–Kier alpha value is -3.39. The lowest BCUT2D eigenvalue weighted by atomic mass is 9.98. The molecule has 8 heteroatoms. The lowest BCUT2D eigenvalue weighted by Crippen LogP contribution is -2.20. The van der Waals surface area contributed by atoms with E-state index in [4.69, 9.17) is 4.74 Å². The van der Waals surface area contributed by atoms with Crippen LogP contribution in [0, 0.1) is 0 Å². The molecule has 0 atom stereocenters. The molecule has 2 N–H and O–H groups in total. The highest BCUT2D eigenvalue weighted by atomic mass is 32.2. The Morgan fingerprint density at radius 1 is 1.10 bits per heavy atom. The van der Waals surface area contributed by atoms with E-state index in [1.807, 2.05) is 36.4 Å². The molecule has 0 saturated carbocycles. The number of hydrogen-bond acceptors (Lipinski definition) is 6. The van der Waals surface area contributed by atoms with Crippen LogP contribution >= 0.6 is 11.8 Å². The van der Waals surface area contributed by atoms with E-state index in [9.17, 15) is 14.7 Å². The van der Waals surface area contributed by atoms with Gasteiger partial charge >= 0.3 is 12.1 Å². The smallest absolute Gasteiger partial charge is 0.412 e. The number of carboxylic acids is 1. The minimum atomic E-state index is -1.23. The van der Waals surface area contributed by atoms with Gasteiger partial charge in [-0.2, -0.15) is 0 Å². The van der Waals surface area contributed by atoms with Gasteiger partial charge in [0, 0.05) is 12.1 Å². The number of amides is 1. The number of fused-ring (bicyclic) bond motifs is 3. The fraction of sp³-hybridized carbons (Fsp3) is 0.143. The van der Waals surface area contributed by atoms with E-state index < -0.39 is 12.1 Å². The zero-order chi connectivity index (χ0) is 20.4. The zero-order valence-electron chi connectivity index (χ0n) is 15.5. The number of rotatable bonds is 5. The molecule has 146 valence electrons. The van der Waals surface area contributed by atoms with Gasteiger partial charge in [0.05, 0.1) is 0 Å². The SMILES string of the molecule is CSc1ncc(C(=O)O)c(NC(=O)OCC2c3ccccc3-c3ccccc32)n1. The average molecular weight is 407 g/mol. The molecule has 1 aromatic heterocycles. The quantitative estimate of drug-likeness (QED) is 0.481. The molecule has 1 heterocycles. The maximum atomic E-state index is 12.4. The Morgan fingerprint density at radius 2 is 1.72 bits per heavy atom. The number of nitrogens with one attached hydrogen (secondary N) is 1. The molecule has 0 saturated heterocycles. The van der Waals surface area contributed by atoms with Gasteiger partial charge in [0.25, 0.3) is 0 Å². The Bertz CT molecular complexity index is 1060. The molecule has 0 bridgehead atoms. The van der Waals surface area contributed by atoms with Crippen molar-refractivity contribution in [1.29, 1.82) is 0 Å². The minimum Gasteiger partial charge on any atom is -0.477 e. The molecule has 1 aliphatic carbocycles. The largest absolute Gasteiger partial charge is 0.477 e. The summed E-state index contributed by atoms with van der Waals surface area (Å²) in [5, 5.41) is 12.1. The number of anilines is 1. The number of ether oxygens (including phenoxy) is 1. The summed E-state index contributed by atoms with van der Waals surface area (Å²) >= 11 is 1.24. The van der Waals surface area contributed by atoms with E-state index in [-0.39, 0.29) is 23.9 Å². The van der Waals surface area contributed by atoms with Gasteiger partial charge in [-0.05, 0) is 28.5 Å². The maximum absolute atomic E-state index is 12.4. The van der Waals surface area contributed by atoms with Crippen molar-refractivity contribution >= 4 is 29.6 Å². The van der Waals surface area contributed by atoms with Crippen LogP contribution in [0.4, 0.5) is 10.6 Å². The van der Waals surface area contributed by atoms with Gasteiger partial charge in [-0.3, -0.25) is 5.32 Å². The minimum absolute atomic E-state index is 0.0840. The van der Waals surface area contributed by atoms with Gasteiger partial charge in [0.1, 0.15) is 12.2 Å². The van der Waals surface area contributed by atoms with Crippen molar-refractivity contribution in [2.75, 3.05) is 18.2 Å². The van der Waals surface area contributed by atoms with Gasteiger partial charge in [0.15, 0.2) is 11.0 Å². The topological polar surface area (TPSA) is 101 Å². The van der Waals surface area contributed by atoms with E-state index in [2.05, 4.69) is 27.4 Å². The van der Waals surface area contributed by atoms with Crippen LogP contribution < -0.4 is 5.32 Å². The number of carboxylic acid groups (broad SMARTS) is 1. The number of aromatic carboxylic acids is 1. The Balaban J connectivity index is 1.52. The second-order valence-corrected chi connectivity index (χ2v) is 7.15. The van der Waals surface area contributed by atoms with E-state index in [0.717, 1.165) is 22.3 Å². The van der Waals surface area contributed by atoms with Crippen LogP contribution in [-0.4, -0.2) is 40.0 Å². The molecule has 1 aliphatic rings. The number of carbonyl (C=O) groups excluding carboxylic acids is 1. The normalized spacial score (nSPS) is 12.2. The third-order valence-corrected chi connectivity index (χ3v) is 5.31. The highest BCUT2D eigenvalue weighted by Crippen LogP contribution is 2.44. The summed E-state index contributed by atoms with van der Waals surface area (Å²) in [7, 11) is 0. The lowest BCUT2D eigenvalue weighted by molar-refractivity contribution is 0.0697. The van der Waals surface area contributed by atoms with Gasteiger partial charge in [-0.1, -0.05) is 60.3 Å². The highest BCUT2D eigenvalue weighted by Gasteiger charge is 2.29. The standard InChI is InChI=1S/C21H17N3O4S/c1-29-20-22-10-16(19(25)26)18(23-20)24-21(27)28-11-17-14-8-4-2-6-12(14)13-7-3-5-9-15(13)17/h2-10,17H,11H2,1H3,(H,25,26)(H,22,23,24,27). The summed E-state index contributed by atoms with van der Waals surface area (Å²) in [5.74, 6) is -1.40. The molecule has 3 aromatic rings. The summed E-state index contributed by atoms with van der Waals surface area (Å²) in [5.41, 5.74) is 4.26. The first-order valence-electron chi connectivity index (χ1n) is 8.85. The zero-order valence-corrected chi connectivity index (χ0v) is 16.3.